The molecule has 5 aliphatic rings. The topological polar surface area (TPSA) is 55.4 Å². The third-order valence-corrected chi connectivity index (χ3v) is 33.2. The van der Waals surface area contributed by atoms with Gasteiger partial charge >= 0.3 is 7.12 Å². The minimum atomic E-state index is -0.557. The highest BCUT2D eigenvalue weighted by atomic mass is 16.7. The zero-order chi connectivity index (χ0) is 99.2. The van der Waals surface area contributed by atoms with Gasteiger partial charge in [0.2, 0.25) is 0 Å². The molecule has 7 heteroatoms. The molecule has 0 aliphatic carbocycles. The number of benzene rings is 28. The van der Waals surface area contributed by atoms with Gasteiger partial charge < -0.3 is 28.3 Å². The largest absolute Gasteiger partial charge is 0.495 e. The lowest BCUT2D eigenvalue weighted by molar-refractivity contribution is 0.00578. The van der Waals surface area contributed by atoms with Crippen molar-refractivity contribution in [1.29, 1.82) is 0 Å². The number of ether oxygens (including phenoxy) is 4. The SMILES string of the molecule is CC1(C)OB(c2cc(-c3cccc4ccccc34)c3ccc4c(-c5ccc6c7c(cccc57)-c5ccccc5O6)cc(-c5cccc6ccccc56)c5ccc2c3c54)OC1(C)C.Cc1ccc2c(c1)Oc1cccc3cccc-2c13.c1ccc2c(c1)Oc1ccc(-c3cc(-c4cccc5ccccc45)c4cc(-c5ccc6c(c5)Oc5cccc7cccc-6c57)c5ccc(-c6cccc7ccccc67)c6ccc3c4c56)c3cccc-2c13. The Morgan fingerprint density at radius 3 is 0.893 bits per heavy atom. The van der Waals surface area contributed by atoms with Gasteiger partial charge in [-0.3, -0.25) is 0 Å². The van der Waals surface area contributed by atoms with Crippen LogP contribution in [0.5, 0.6) is 46.0 Å². The molecular weight excluding hydrogens is 1820 g/mol. The zero-order valence-electron chi connectivity index (χ0n) is 82.9. The van der Waals surface area contributed by atoms with Crippen LogP contribution in [0.25, 0.3) is 273 Å². The Hall–Kier alpha value is -18.5. The maximum Gasteiger partial charge on any atom is 0.495 e. The molecule has 6 nitrogen and oxygen atoms in total. The van der Waals surface area contributed by atoms with Crippen molar-refractivity contribution >= 4 is 163 Å². The minimum Gasteiger partial charge on any atom is -0.456 e. The molecule has 1 saturated heterocycles. The first-order valence-corrected chi connectivity index (χ1v) is 52.0. The summed E-state index contributed by atoms with van der Waals surface area (Å²) in [6, 6.07) is 168. The molecule has 0 aromatic heterocycles. The van der Waals surface area contributed by atoms with Gasteiger partial charge in [-0.1, -0.05) is 388 Å². The molecule has 0 N–H and O–H groups in total. The first kappa shape index (κ1) is 85.9. The molecule has 0 atom stereocenters. The van der Waals surface area contributed by atoms with Crippen LogP contribution in [0, 0.1) is 6.92 Å². The van der Waals surface area contributed by atoms with E-state index in [1.54, 1.807) is 0 Å². The molecule has 0 spiro atoms. The number of fused-ring (bicyclic) bond motifs is 12. The number of rotatable bonds is 8. The summed E-state index contributed by atoms with van der Waals surface area (Å²) in [5, 5.41) is 33.8. The predicted octanol–water partition coefficient (Wildman–Crippen LogP) is 39.4. The van der Waals surface area contributed by atoms with Crippen LogP contribution in [0.3, 0.4) is 0 Å². The monoisotopic (exact) mass is 1910 g/mol. The molecule has 5 heterocycles. The Morgan fingerprint density at radius 2 is 0.420 bits per heavy atom. The van der Waals surface area contributed by atoms with Crippen molar-refractivity contribution in [2.45, 2.75) is 45.8 Å². The average molecular weight is 1920 g/mol. The summed E-state index contributed by atoms with van der Waals surface area (Å²) in [7, 11) is -0.557. The van der Waals surface area contributed by atoms with Crippen molar-refractivity contribution in [3.63, 3.8) is 0 Å². The van der Waals surface area contributed by atoms with Crippen molar-refractivity contribution in [2.75, 3.05) is 0 Å². The van der Waals surface area contributed by atoms with Gasteiger partial charge in [0.05, 0.1) is 11.2 Å². The fourth-order valence-corrected chi connectivity index (χ4v) is 25.6. The molecule has 28 aromatic rings. The van der Waals surface area contributed by atoms with Crippen molar-refractivity contribution < 1.29 is 28.3 Å². The van der Waals surface area contributed by atoms with Crippen molar-refractivity contribution in [1.82, 2.24) is 0 Å². The number of hydrogen-bond acceptors (Lipinski definition) is 6. The van der Waals surface area contributed by atoms with E-state index in [-0.39, 0.29) is 0 Å². The summed E-state index contributed by atoms with van der Waals surface area (Å²) in [6.45, 7) is 10.6. The number of aryl methyl sites for hydroxylation is 1. The summed E-state index contributed by atoms with van der Waals surface area (Å²) < 4.78 is 40.0. The van der Waals surface area contributed by atoms with E-state index in [1.165, 1.54) is 235 Å². The first-order chi connectivity index (χ1) is 73.8. The van der Waals surface area contributed by atoms with E-state index < -0.39 is 18.3 Å². The second kappa shape index (κ2) is 32.8. The summed E-state index contributed by atoms with van der Waals surface area (Å²) >= 11 is 0. The quantitative estimate of drug-likeness (QED) is 0.112. The Kier molecular flexibility index (Phi) is 18.7. The third kappa shape index (κ3) is 12.9. The minimum absolute atomic E-state index is 0.505. The molecule has 5 aliphatic heterocycles. The molecule has 0 bridgehead atoms. The van der Waals surface area contributed by atoms with Gasteiger partial charge in [0.25, 0.3) is 0 Å². The molecule has 0 radical (unpaired) electrons. The summed E-state index contributed by atoms with van der Waals surface area (Å²) in [6.07, 6.45) is 0. The standard InChI is InChI=1S/C68H38O2.C58H41BO3.C17H12O/c1-3-18-43-39(12-1)14-7-21-45(43)47-30-31-55-57(42-28-29-50-52-23-9-16-41-17-10-27-62(65(41)52)70-64(50)36-42)37-60-59(46-22-8-15-40-13-2-4-19-44(40)46)38-58(56-33-32-54(47)67(55)68(56)60)48-34-35-63-66-51(48)24-11-25-53(66)49-20-5-6-26-61(49)69-63;1-57(2)58(3,4)62-59(61-57)51-33-50(39-22-12-17-35-15-6-8-19-37(35)39)46-27-26-44-49(40-30-31-53-54-42(40)23-13-24-43(54)41-20-9-10-25-52(41)60-53)32-48(45-28-29-47(51)56(46)55(44)45)38-21-11-16-34-14-5-7-18-36(34)38;1-11-8-9-13-14-6-2-4-12-5-3-7-15(17(12)14)18-16(13)10-11/h1-38H;5-33H,1-4H3;2-10H,1H3. The highest BCUT2D eigenvalue weighted by molar-refractivity contribution is 6.66. The van der Waals surface area contributed by atoms with Gasteiger partial charge in [-0.15, -0.1) is 0 Å². The fraction of sp³-hybridized carbons (Fsp3) is 0.0490. The fourth-order valence-electron chi connectivity index (χ4n) is 25.6. The van der Waals surface area contributed by atoms with E-state index in [1.807, 2.05) is 24.3 Å². The van der Waals surface area contributed by atoms with Gasteiger partial charge in [0.1, 0.15) is 46.0 Å². The van der Waals surface area contributed by atoms with Crippen molar-refractivity contribution in [2.24, 2.45) is 0 Å². The molecule has 150 heavy (non-hydrogen) atoms. The van der Waals surface area contributed by atoms with E-state index in [0.29, 0.717) is 0 Å². The van der Waals surface area contributed by atoms with E-state index in [2.05, 4.69) is 471 Å². The second-order valence-corrected chi connectivity index (χ2v) is 41.9. The van der Waals surface area contributed by atoms with Gasteiger partial charge in [-0.05, 0) is 348 Å². The van der Waals surface area contributed by atoms with Crippen LogP contribution < -0.4 is 24.4 Å². The Labute approximate surface area is 866 Å². The molecule has 1 fully saturated rings. The lowest BCUT2D eigenvalue weighted by atomic mass is 9.72. The lowest BCUT2D eigenvalue weighted by Crippen LogP contribution is -2.41. The average Bonchev–Trinajstić information content (AvgIpc) is 1.05. The van der Waals surface area contributed by atoms with E-state index in [9.17, 15) is 0 Å². The summed E-state index contributed by atoms with van der Waals surface area (Å²) in [5.41, 5.74) is 27.3. The van der Waals surface area contributed by atoms with Crippen LogP contribution >= 0.6 is 0 Å². The Balaban J connectivity index is 0.000000116. The summed E-state index contributed by atoms with van der Waals surface area (Å²) in [5.74, 6) is 7.24. The molecule has 28 aromatic carbocycles. The smallest absolute Gasteiger partial charge is 0.456 e. The predicted molar refractivity (Wildman–Crippen MR) is 627 cm³/mol. The Morgan fingerprint density at radius 1 is 0.153 bits per heavy atom. The lowest BCUT2D eigenvalue weighted by Gasteiger charge is -2.32. The van der Waals surface area contributed by atoms with Crippen LogP contribution in [-0.2, 0) is 9.31 Å². The maximum atomic E-state index is 6.93. The molecule has 702 valence electrons. The van der Waals surface area contributed by atoms with E-state index in [0.717, 1.165) is 95.3 Å². The Bertz CT molecular complexity index is 10700. The van der Waals surface area contributed by atoms with Crippen LogP contribution in [0.4, 0.5) is 0 Å². The second-order valence-electron chi connectivity index (χ2n) is 41.9. The van der Waals surface area contributed by atoms with Gasteiger partial charge in [-0.2, -0.15) is 0 Å². The molecule has 0 unspecified atom stereocenters. The van der Waals surface area contributed by atoms with Crippen LogP contribution in [-0.4, -0.2) is 18.3 Å². The number of hydrogen-bond donors (Lipinski definition) is 0. The normalized spacial score (nSPS) is 13.6. The van der Waals surface area contributed by atoms with Gasteiger partial charge in [0, 0.05) is 43.8 Å². The van der Waals surface area contributed by atoms with Crippen LogP contribution in [0.2, 0.25) is 0 Å². The molecule has 33 rings (SSSR count). The van der Waals surface area contributed by atoms with Gasteiger partial charge in [0.15, 0.2) is 0 Å². The van der Waals surface area contributed by atoms with E-state index in [4.69, 9.17) is 28.3 Å². The first-order valence-electron chi connectivity index (χ1n) is 52.0. The highest BCUT2D eigenvalue weighted by Gasteiger charge is 2.53. The zero-order valence-corrected chi connectivity index (χ0v) is 82.9. The van der Waals surface area contributed by atoms with Crippen LogP contribution in [0.15, 0.2) is 461 Å². The maximum absolute atomic E-state index is 6.93. The highest BCUT2D eigenvalue weighted by Crippen LogP contribution is 2.60. The van der Waals surface area contributed by atoms with Gasteiger partial charge in [-0.25, -0.2) is 0 Å². The summed E-state index contributed by atoms with van der Waals surface area (Å²) in [4.78, 5) is 0. The van der Waals surface area contributed by atoms with Crippen LogP contribution in [0.1, 0.15) is 33.3 Å². The number of para-hydroxylation sites is 2. The van der Waals surface area contributed by atoms with Crippen molar-refractivity contribution in [3.05, 3.63) is 467 Å². The molecule has 0 saturated carbocycles. The molecular formula is C143H91BO6. The molecule has 0 amide bonds. The van der Waals surface area contributed by atoms with E-state index >= 15 is 0 Å². The van der Waals surface area contributed by atoms with Crippen molar-refractivity contribution in [3.8, 4) is 168 Å². The third-order valence-electron chi connectivity index (χ3n) is 33.2.